The molecule has 2 aromatic rings. The van der Waals surface area contributed by atoms with Crippen molar-refractivity contribution in [1.82, 2.24) is 10.2 Å². The molecule has 0 fully saturated rings. The van der Waals surface area contributed by atoms with Crippen LogP contribution in [0.1, 0.15) is 21.7 Å². The van der Waals surface area contributed by atoms with Crippen molar-refractivity contribution in [3.8, 4) is 5.75 Å². The summed E-state index contributed by atoms with van der Waals surface area (Å²) in [6.45, 7) is 3.33. The fourth-order valence-electron chi connectivity index (χ4n) is 1.85. The number of rotatable bonds is 3. The number of halogens is 3. The second kappa shape index (κ2) is 5.47. The van der Waals surface area contributed by atoms with Gasteiger partial charge >= 0.3 is 6.36 Å². The molecule has 112 valence electrons. The van der Waals surface area contributed by atoms with Crippen molar-refractivity contribution in [3.05, 3.63) is 41.2 Å². The fraction of sp³-hybridized carbons (Fsp3) is 0.231. The monoisotopic (exact) mass is 299 g/mol. The molecular formula is C13H12F3N3O2. The summed E-state index contributed by atoms with van der Waals surface area (Å²) < 4.78 is 40.2. The Labute approximate surface area is 118 Å². The largest absolute Gasteiger partial charge is 0.573 e. The first-order valence-electron chi connectivity index (χ1n) is 5.95. The first-order chi connectivity index (χ1) is 9.76. The van der Waals surface area contributed by atoms with Crippen LogP contribution in [0.5, 0.6) is 5.75 Å². The van der Waals surface area contributed by atoms with Crippen LogP contribution in [0.4, 0.5) is 18.9 Å². The SMILES string of the molecule is Cc1n[nH]c(C)c1C(=O)Nc1cccc(OC(F)(F)F)c1. The third kappa shape index (κ3) is 3.74. The lowest BCUT2D eigenvalue weighted by Crippen LogP contribution is -2.17. The molecule has 5 nitrogen and oxygen atoms in total. The van der Waals surface area contributed by atoms with Crippen molar-refractivity contribution in [2.45, 2.75) is 20.2 Å². The zero-order valence-corrected chi connectivity index (χ0v) is 11.2. The highest BCUT2D eigenvalue weighted by Gasteiger charge is 2.31. The van der Waals surface area contributed by atoms with E-state index in [4.69, 9.17) is 0 Å². The summed E-state index contributed by atoms with van der Waals surface area (Å²) in [5.74, 6) is -0.858. The number of aryl methyl sites for hydroxylation is 2. The number of H-pyrrole nitrogens is 1. The number of nitrogens with one attached hydrogen (secondary N) is 2. The van der Waals surface area contributed by atoms with Crippen molar-refractivity contribution in [1.29, 1.82) is 0 Å². The van der Waals surface area contributed by atoms with E-state index >= 15 is 0 Å². The van der Waals surface area contributed by atoms with E-state index in [0.29, 0.717) is 17.0 Å². The number of benzene rings is 1. The van der Waals surface area contributed by atoms with Gasteiger partial charge in [0.15, 0.2) is 0 Å². The summed E-state index contributed by atoms with van der Waals surface area (Å²) in [4.78, 5) is 12.1. The molecule has 0 radical (unpaired) electrons. The summed E-state index contributed by atoms with van der Waals surface area (Å²) in [6.07, 6.45) is -4.78. The lowest BCUT2D eigenvalue weighted by molar-refractivity contribution is -0.274. The van der Waals surface area contributed by atoms with E-state index in [1.165, 1.54) is 12.1 Å². The average molecular weight is 299 g/mol. The van der Waals surface area contributed by atoms with E-state index in [1.54, 1.807) is 13.8 Å². The smallest absolute Gasteiger partial charge is 0.406 e. The highest BCUT2D eigenvalue weighted by atomic mass is 19.4. The molecule has 0 saturated carbocycles. The first-order valence-corrected chi connectivity index (χ1v) is 5.95. The van der Waals surface area contributed by atoms with Gasteiger partial charge in [0.1, 0.15) is 5.75 Å². The quantitative estimate of drug-likeness (QED) is 0.914. The Kier molecular flexibility index (Phi) is 3.88. The van der Waals surface area contributed by atoms with Crippen molar-refractivity contribution in [3.63, 3.8) is 0 Å². The van der Waals surface area contributed by atoms with E-state index in [0.717, 1.165) is 12.1 Å². The number of carbonyl (C=O) groups is 1. The molecular weight excluding hydrogens is 287 g/mol. The van der Waals surface area contributed by atoms with Crippen LogP contribution in [0.3, 0.4) is 0 Å². The molecule has 8 heteroatoms. The number of anilines is 1. The fourth-order valence-corrected chi connectivity index (χ4v) is 1.85. The second-order valence-corrected chi connectivity index (χ2v) is 4.34. The van der Waals surface area contributed by atoms with Gasteiger partial charge in [0, 0.05) is 17.4 Å². The first kappa shape index (κ1) is 14.9. The zero-order chi connectivity index (χ0) is 15.6. The molecule has 2 rings (SSSR count). The lowest BCUT2D eigenvalue weighted by atomic mass is 10.2. The van der Waals surface area contributed by atoms with Gasteiger partial charge in [0.25, 0.3) is 5.91 Å². The zero-order valence-electron chi connectivity index (χ0n) is 11.2. The van der Waals surface area contributed by atoms with Gasteiger partial charge in [-0.1, -0.05) is 6.07 Å². The Morgan fingerprint density at radius 1 is 1.33 bits per heavy atom. The van der Waals surface area contributed by atoms with Crippen LogP contribution >= 0.6 is 0 Å². The summed E-state index contributed by atoms with van der Waals surface area (Å²) in [5, 5.41) is 9.05. The Hall–Kier alpha value is -2.51. The van der Waals surface area contributed by atoms with Crippen LogP contribution in [0, 0.1) is 13.8 Å². The van der Waals surface area contributed by atoms with Gasteiger partial charge in [-0.2, -0.15) is 5.10 Å². The minimum atomic E-state index is -4.78. The number of hydrogen-bond acceptors (Lipinski definition) is 3. The number of hydrogen-bond donors (Lipinski definition) is 2. The van der Waals surface area contributed by atoms with Crippen molar-refractivity contribution in [2.75, 3.05) is 5.32 Å². The van der Waals surface area contributed by atoms with Crippen LogP contribution in [0.25, 0.3) is 0 Å². The number of amides is 1. The maximum atomic E-state index is 12.1. The van der Waals surface area contributed by atoms with Gasteiger partial charge in [0.2, 0.25) is 0 Å². The predicted octanol–water partition coefficient (Wildman–Crippen LogP) is 3.18. The van der Waals surface area contributed by atoms with E-state index in [-0.39, 0.29) is 5.69 Å². The molecule has 0 spiro atoms. The van der Waals surface area contributed by atoms with Crippen LogP contribution in [0.15, 0.2) is 24.3 Å². The third-order valence-electron chi connectivity index (χ3n) is 2.68. The molecule has 1 heterocycles. The molecule has 0 aliphatic rings. The predicted molar refractivity (Wildman–Crippen MR) is 69.1 cm³/mol. The highest BCUT2D eigenvalue weighted by Crippen LogP contribution is 2.25. The molecule has 0 atom stereocenters. The number of carbonyl (C=O) groups excluding carboxylic acids is 1. The van der Waals surface area contributed by atoms with Gasteiger partial charge in [-0.25, -0.2) is 0 Å². The van der Waals surface area contributed by atoms with Crippen LogP contribution in [0.2, 0.25) is 0 Å². The number of ether oxygens (including phenoxy) is 1. The van der Waals surface area contributed by atoms with Crippen LogP contribution in [-0.2, 0) is 0 Å². The Morgan fingerprint density at radius 2 is 2.05 bits per heavy atom. The molecule has 0 bridgehead atoms. The van der Waals surface area contributed by atoms with Gasteiger partial charge in [-0.15, -0.1) is 13.2 Å². The van der Waals surface area contributed by atoms with E-state index in [9.17, 15) is 18.0 Å². The summed E-state index contributed by atoms with van der Waals surface area (Å²) in [5.41, 5.74) is 1.64. The minimum absolute atomic E-state index is 0.196. The molecule has 0 unspecified atom stereocenters. The normalized spacial score (nSPS) is 11.3. The van der Waals surface area contributed by atoms with Crippen molar-refractivity contribution in [2.24, 2.45) is 0 Å². The molecule has 0 aliphatic carbocycles. The standard InChI is InChI=1S/C13H12F3N3O2/c1-7-11(8(2)19-18-7)12(20)17-9-4-3-5-10(6-9)21-13(14,15)16/h3-6H,1-2H3,(H,17,20)(H,18,19). The molecule has 2 N–H and O–H groups in total. The summed E-state index contributed by atoms with van der Waals surface area (Å²) in [6, 6.07) is 5.06. The maximum absolute atomic E-state index is 12.1. The summed E-state index contributed by atoms with van der Waals surface area (Å²) >= 11 is 0. The molecule has 1 amide bonds. The Morgan fingerprint density at radius 3 is 2.62 bits per heavy atom. The summed E-state index contributed by atoms with van der Waals surface area (Å²) in [7, 11) is 0. The lowest BCUT2D eigenvalue weighted by Gasteiger charge is -2.10. The highest BCUT2D eigenvalue weighted by molar-refractivity contribution is 6.05. The minimum Gasteiger partial charge on any atom is -0.406 e. The van der Waals surface area contributed by atoms with Gasteiger partial charge in [0.05, 0.1) is 11.3 Å². The molecule has 0 aliphatic heterocycles. The van der Waals surface area contributed by atoms with E-state index in [2.05, 4.69) is 20.3 Å². The molecule has 0 saturated heterocycles. The van der Waals surface area contributed by atoms with Crippen LogP contribution in [-0.4, -0.2) is 22.5 Å². The van der Waals surface area contributed by atoms with E-state index < -0.39 is 18.0 Å². The van der Waals surface area contributed by atoms with Gasteiger partial charge in [-0.05, 0) is 26.0 Å². The van der Waals surface area contributed by atoms with Crippen molar-refractivity contribution >= 4 is 11.6 Å². The Bertz CT molecular complexity index is 645. The number of nitrogens with zero attached hydrogens (tertiary/aromatic N) is 1. The van der Waals surface area contributed by atoms with E-state index in [1.807, 2.05) is 0 Å². The average Bonchev–Trinajstić information content (AvgIpc) is 2.67. The topological polar surface area (TPSA) is 67.0 Å². The molecule has 1 aromatic carbocycles. The maximum Gasteiger partial charge on any atom is 0.573 e. The van der Waals surface area contributed by atoms with Gasteiger partial charge < -0.3 is 10.1 Å². The number of aromatic amines is 1. The number of alkyl halides is 3. The molecule has 21 heavy (non-hydrogen) atoms. The van der Waals surface area contributed by atoms with Crippen LogP contribution < -0.4 is 10.1 Å². The van der Waals surface area contributed by atoms with Crippen molar-refractivity contribution < 1.29 is 22.7 Å². The third-order valence-corrected chi connectivity index (χ3v) is 2.68. The molecule has 1 aromatic heterocycles. The van der Waals surface area contributed by atoms with Gasteiger partial charge in [-0.3, -0.25) is 9.89 Å². The second-order valence-electron chi connectivity index (χ2n) is 4.34. The Balaban J connectivity index is 2.17. The number of aromatic nitrogens is 2.